The number of carbonyl (C=O) groups excluding carboxylic acids is 3. The van der Waals surface area contributed by atoms with Gasteiger partial charge in [-0.3, -0.25) is 9.59 Å². The Morgan fingerprint density at radius 1 is 0.630 bits per heavy atom. The summed E-state index contributed by atoms with van der Waals surface area (Å²) in [7, 11) is 1.34. The van der Waals surface area contributed by atoms with Crippen molar-refractivity contribution in [3.63, 3.8) is 0 Å². The van der Waals surface area contributed by atoms with Crippen LogP contribution in [0.3, 0.4) is 0 Å². The maximum absolute atomic E-state index is 13.6. The number of esters is 1. The van der Waals surface area contributed by atoms with Gasteiger partial charge in [-0.25, -0.2) is 9.69 Å². The van der Waals surface area contributed by atoms with Crippen molar-refractivity contribution in [1.82, 2.24) is 15.2 Å². The lowest BCUT2D eigenvalue weighted by molar-refractivity contribution is -0.141. The maximum Gasteiger partial charge on any atom is 0.416 e. The molecule has 20 heteroatoms. The third kappa shape index (κ3) is 14.5. The maximum atomic E-state index is 13.6. The monoisotopic (exact) mass is 1150 g/mol. The zero-order chi connectivity index (χ0) is 57.3. The number of cyclic esters (lactones) is 1. The third-order valence-electron chi connectivity index (χ3n) is 13.5. The Morgan fingerprint density at radius 2 is 1.09 bits per heavy atom. The molecule has 1 saturated heterocycles. The number of hydrogen-bond acceptors (Lipinski definition) is 13. The van der Waals surface area contributed by atoms with Crippen molar-refractivity contribution in [2.24, 2.45) is 0 Å². The van der Waals surface area contributed by atoms with E-state index in [1.807, 2.05) is 92.7 Å². The molecule has 0 saturated carbocycles. The molecule has 1 aliphatic heterocycles. The first-order valence-corrected chi connectivity index (χ1v) is 26.9. The summed E-state index contributed by atoms with van der Waals surface area (Å²) in [5.41, 5.74) is 5.92. The number of thiophene rings is 2. The topological polar surface area (TPSA) is 143 Å². The average molecular weight is 1150 g/mol. The highest BCUT2D eigenvalue weighted by atomic mass is 32.1. The summed E-state index contributed by atoms with van der Waals surface area (Å²) in [6, 6.07) is 41.5. The molecule has 9 aromatic rings. The minimum absolute atomic E-state index is 0.0196. The van der Waals surface area contributed by atoms with Gasteiger partial charge in [0.05, 0.1) is 42.1 Å². The van der Waals surface area contributed by atoms with Crippen LogP contribution in [0.15, 0.2) is 173 Å². The second kappa shape index (κ2) is 25.3. The summed E-state index contributed by atoms with van der Waals surface area (Å²) in [6.45, 7) is 4.62. The Balaban J connectivity index is 0.000000203. The van der Waals surface area contributed by atoms with E-state index in [-0.39, 0.29) is 43.8 Å². The van der Waals surface area contributed by atoms with E-state index < -0.39 is 41.5 Å². The minimum atomic E-state index is -4.38. The van der Waals surface area contributed by atoms with Gasteiger partial charge in [0.2, 0.25) is 5.91 Å². The van der Waals surface area contributed by atoms with Crippen molar-refractivity contribution in [2.45, 2.75) is 76.6 Å². The first-order valence-electron chi connectivity index (χ1n) is 25.3. The SMILES string of the molecule is COC(=O)C[C@@H](c1ccc(OCc2sc(-c3ccc(C(F)(F)F)cc3)cc2C)cc1)c1ccon1.Cc1cc(-c2ccc(C(F)(F)F)cc2)sc1COc1ccc([C@H](CC(=O)N2C(=O)OC[C@@H]2Cc2ccccc2)c2ccon2)cc1. The molecule has 2 amide bonds. The number of rotatable bonds is 18. The highest BCUT2D eigenvalue weighted by Gasteiger charge is 2.39. The Morgan fingerprint density at radius 3 is 1.51 bits per heavy atom. The Labute approximate surface area is 469 Å². The highest BCUT2D eigenvalue weighted by Crippen LogP contribution is 2.38. The predicted octanol–water partition coefficient (Wildman–Crippen LogP) is 15.4. The van der Waals surface area contributed by atoms with Gasteiger partial charge in [0.1, 0.15) is 43.8 Å². The van der Waals surface area contributed by atoms with E-state index >= 15 is 0 Å². The molecule has 418 valence electrons. The molecular weight excluding hydrogens is 1100 g/mol. The molecule has 5 aromatic carbocycles. The smallest absolute Gasteiger partial charge is 0.416 e. The van der Waals surface area contributed by atoms with Gasteiger partial charge >= 0.3 is 24.4 Å². The Bertz CT molecular complexity index is 3510. The van der Waals surface area contributed by atoms with Crippen molar-refractivity contribution in [2.75, 3.05) is 13.7 Å². The van der Waals surface area contributed by atoms with E-state index in [9.17, 15) is 40.7 Å². The molecular formula is C61H51F6N3O9S2. The van der Waals surface area contributed by atoms with Crippen molar-refractivity contribution >= 4 is 40.6 Å². The van der Waals surface area contributed by atoms with E-state index in [4.69, 9.17) is 28.0 Å². The number of aryl methyl sites for hydroxylation is 2. The highest BCUT2D eigenvalue weighted by molar-refractivity contribution is 7.16. The molecule has 0 radical (unpaired) electrons. The molecule has 0 unspecified atom stereocenters. The largest absolute Gasteiger partial charge is 0.488 e. The summed E-state index contributed by atoms with van der Waals surface area (Å²) >= 11 is 2.95. The summed E-state index contributed by atoms with van der Waals surface area (Å²) in [5.74, 6) is -0.249. The number of benzene rings is 5. The van der Waals surface area contributed by atoms with Crippen LogP contribution in [0, 0.1) is 13.8 Å². The van der Waals surface area contributed by atoms with Crippen LogP contribution in [0.2, 0.25) is 0 Å². The molecule has 4 aromatic heterocycles. The van der Waals surface area contributed by atoms with E-state index in [2.05, 4.69) is 10.3 Å². The van der Waals surface area contributed by atoms with Crippen molar-refractivity contribution in [3.05, 3.63) is 224 Å². The number of ether oxygens (including phenoxy) is 4. The van der Waals surface area contributed by atoms with Crippen LogP contribution in [0.4, 0.5) is 31.1 Å². The Kier molecular flexibility index (Phi) is 17.9. The number of carbonyl (C=O) groups is 3. The molecule has 0 spiro atoms. The number of hydrogen-bond donors (Lipinski definition) is 0. The second-order valence-corrected chi connectivity index (χ2v) is 21.2. The van der Waals surface area contributed by atoms with Gasteiger partial charge in [0.15, 0.2) is 0 Å². The predicted molar refractivity (Wildman–Crippen MR) is 291 cm³/mol. The van der Waals surface area contributed by atoms with Crippen LogP contribution in [0.1, 0.15) is 84.8 Å². The van der Waals surface area contributed by atoms with Gasteiger partial charge in [-0.15, -0.1) is 22.7 Å². The lowest BCUT2D eigenvalue weighted by Crippen LogP contribution is -2.40. The van der Waals surface area contributed by atoms with Crippen LogP contribution in [0.5, 0.6) is 11.5 Å². The lowest BCUT2D eigenvalue weighted by atomic mass is 9.91. The summed E-state index contributed by atoms with van der Waals surface area (Å²) in [6.07, 6.45) is -5.89. The number of imide groups is 1. The van der Waals surface area contributed by atoms with Crippen LogP contribution in [-0.2, 0) is 51.0 Å². The van der Waals surface area contributed by atoms with E-state index in [0.29, 0.717) is 41.5 Å². The molecule has 12 nitrogen and oxygen atoms in total. The molecule has 3 atom stereocenters. The van der Waals surface area contributed by atoms with Crippen LogP contribution in [0.25, 0.3) is 20.9 Å². The third-order valence-corrected chi connectivity index (χ3v) is 16.0. The molecule has 0 N–H and O–H groups in total. The normalized spacial score (nSPS) is 14.2. The Hall–Kier alpha value is -8.49. The quantitative estimate of drug-likeness (QED) is 0.0598. The molecule has 1 aliphatic rings. The summed E-state index contributed by atoms with van der Waals surface area (Å²) < 4.78 is 109. The number of amides is 2. The van der Waals surface area contributed by atoms with E-state index in [1.165, 1.54) is 71.5 Å². The molecule has 10 rings (SSSR count). The number of halogens is 6. The number of alkyl halides is 6. The number of nitrogens with zero attached hydrogens (tertiary/aromatic N) is 3. The fourth-order valence-corrected chi connectivity index (χ4v) is 11.2. The fourth-order valence-electron chi connectivity index (χ4n) is 9.06. The van der Waals surface area contributed by atoms with Gasteiger partial charge in [0.25, 0.3) is 0 Å². The summed E-state index contributed by atoms with van der Waals surface area (Å²) in [5, 5.41) is 8.05. The van der Waals surface area contributed by atoms with Crippen LogP contribution in [-0.4, -0.2) is 52.9 Å². The van der Waals surface area contributed by atoms with Gasteiger partial charge in [-0.05, 0) is 120 Å². The van der Waals surface area contributed by atoms with E-state index in [1.54, 1.807) is 24.3 Å². The standard InChI is InChI=1S/C35H29F3N2O5S.C26H22F3NO4S/c1-22-17-31(25-7-11-26(12-8-25)35(36,37)38)46-32(22)21-43-28-13-9-24(10-14-28)29(30-15-16-45-39-30)19-33(41)40-27(20-44-34(40)42)18-23-5-3-2-4-6-23;1-16-13-23(18-3-7-19(8-4-18)26(27,28)29)35-24(16)15-33-20-9-5-17(6-10-20)21(14-25(31)32-2)22-11-12-34-30-22/h2-17,27,29H,18-21H2,1H3;3-13,21H,14-15H2,1-2H3/t27-,29-;21-/m00/s1. The van der Waals surface area contributed by atoms with Crippen molar-refractivity contribution in [3.8, 4) is 32.4 Å². The van der Waals surface area contributed by atoms with Gasteiger partial charge in [-0.2, -0.15) is 26.3 Å². The van der Waals surface area contributed by atoms with Gasteiger partial charge in [0, 0.05) is 49.9 Å². The molecule has 0 aliphatic carbocycles. The van der Waals surface area contributed by atoms with E-state index in [0.717, 1.165) is 77.2 Å². The number of aromatic nitrogens is 2. The molecule has 5 heterocycles. The zero-order valence-corrected chi connectivity index (χ0v) is 45.3. The fraction of sp³-hybridized carbons (Fsp3) is 0.230. The second-order valence-electron chi connectivity index (χ2n) is 18.9. The lowest BCUT2D eigenvalue weighted by Gasteiger charge is -2.22. The minimum Gasteiger partial charge on any atom is -0.488 e. The van der Waals surface area contributed by atoms with Crippen LogP contribution >= 0.6 is 22.7 Å². The molecule has 1 fully saturated rings. The number of methoxy groups -OCH3 is 1. The van der Waals surface area contributed by atoms with Gasteiger partial charge < -0.3 is 28.0 Å². The van der Waals surface area contributed by atoms with Crippen LogP contribution < -0.4 is 9.47 Å². The first kappa shape index (κ1) is 57.2. The van der Waals surface area contributed by atoms with Crippen molar-refractivity contribution < 1.29 is 68.7 Å². The molecule has 81 heavy (non-hydrogen) atoms. The first-order chi connectivity index (χ1) is 38.9. The zero-order valence-electron chi connectivity index (χ0n) is 43.7. The average Bonchev–Trinajstić information content (AvgIpc) is 4.52. The summed E-state index contributed by atoms with van der Waals surface area (Å²) in [4.78, 5) is 42.9. The van der Waals surface area contributed by atoms with Gasteiger partial charge in [-0.1, -0.05) is 89.2 Å². The molecule has 0 bridgehead atoms. The van der Waals surface area contributed by atoms with Crippen molar-refractivity contribution in [1.29, 1.82) is 0 Å².